The van der Waals surface area contributed by atoms with Crippen molar-refractivity contribution in [1.29, 1.82) is 5.26 Å². The normalized spacial score (nSPS) is 18.1. The molecule has 2 heterocycles. The molecule has 170 valence electrons. The molecule has 0 aliphatic carbocycles. The maximum Gasteiger partial charge on any atom is 0.390 e. The summed E-state index contributed by atoms with van der Waals surface area (Å²) in [6.07, 6.45) is -4.33. The van der Waals surface area contributed by atoms with Crippen LogP contribution in [0.15, 0.2) is 30.3 Å². The molecule has 2 aliphatic heterocycles. The number of hydrogen-bond acceptors (Lipinski definition) is 5. The third-order valence-electron chi connectivity index (χ3n) is 5.69. The van der Waals surface area contributed by atoms with Crippen molar-refractivity contribution in [3.63, 3.8) is 0 Å². The monoisotopic (exact) mass is 485 g/mol. The van der Waals surface area contributed by atoms with E-state index in [2.05, 4.69) is 4.90 Å². The standard InChI is InChI=1S/C22H20Cl2F3N3O2/c23-18-8-16(2-1-14(18)10-28)30(17-3-5-29(12-17)6-4-22(25,26)27)11-15-7-20-21(9-19(15)24)32-13-31-20/h1-2,7-9,17H,3-6,11-13H2/t17-/m0/s1. The fourth-order valence-electron chi connectivity index (χ4n) is 4.02. The molecule has 2 aromatic carbocycles. The number of nitrogens with zero attached hydrogens (tertiary/aromatic N) is 3. The summed E-state index contributed by atoms with van der Waals surface area (Å²) < 4.78 is 48.8. The molecule has 0 N–H and O–H groups in total. The molecular weight excluding hydrogens is 466 g/mol. The Labute approximate surface area is 193 Å². The van der Waals surface area contributed by atoms with Gasteiger partial charge in [-0.2, -0.15) is 18.4 Å². The highest BCUT2D eigenvalue weighted by Gasteiger charge is 2.33. The summed E-state index contributed by atoms with van der Waals surface area (Å²) in [5.41, 5.74) is 1.92. The summed E-state index contributed by atoms with van der Waals surface area (Å²) in [5.74, 6) is 1.17. The minimum atomic E-state index is -4.18. The van der Waals surface area contributed by atoms with Gasteiger partial charge in [0.15, 0.2) is 11.5 Å². The lowest BCUT2D eigenvalue weighted by Gasteiger charge is -2.32. The number of likely N-dealkylation sites (tertiary alicyclic amines) is 1. The zero-order chi connectivity index (χ0) is 22.9. The largest absolute Gasteiger partial charge is 0.454 e. The smallest absolute Gasteiger partial charge is 0.390 e. The first-order valence-corrected chi connectivity index (χ1v) is 10.8. The first kappa shape index (κ1) is 22.8. The quantitative estimate of drug-likeness (QED) is 0.530. The molecule has 1 saturated heterocycles. The van der Waals surface area contributed by atoms with Gasteiger partial charge in [0.2, 0.25) is 6.79 Å². The zero-order valence-corrected chi connectivity index (χ0v) is 18.5. The van der Waals surface area contributed by atoms with Crippen LogP contribution in [-0.2, 0) is 6.54 Å². The third-order valence-corrected chi connectivity index (χ3v) is 6.35. The molecule has 1 fully saturated rings. The van der Waals surface area contributed by atoms with E-state index in [0.29, 0.717) is 53.2 Å². The number of alkyl halides is 3. The van der Waals surface area contributed by atoms with Gasteiger partial charge in [-0.05, 0) is 36.2 Å². The Morgan fingerprint density at radius 2 is 1.88 bits per heavy atom. The average Bonchev–Trinajstić information content (AvgIpc) is 3.39. The van der Waals surface area contributed by atoms with Crippen LogP contribution in [-0.4, -0.2) is 43.5 Å². The van der Waals surface area contributed by atoms with Gasteiger partial charge in [0.1, 0.15) is 6.07 Å². The summed E-state index contributed by atoms with van der Waals surface area (Å²) in [5, 5.41) is 10.0. The molecule has 2 aromatic rings. The first-order valence-electron chi connectivity index (χ1n) is 10.1. The van der Waals surface area contributed by atoms with Crippen molar-refractivity contribution in [2.75, 3.05) is 31.3 Å². The van der Waals surface area contributed by atoms with Gasteiger partial charge in [0, 0.05) is 49.0 Å². The van der Waals surface area contributed by atoms with Gasteiger partial charge in [-0.3, -0.25) is 0 Å². The Kier molecular flexibility index (Phi) is 6.61. The maximum atomic E-state index is 12.7. The molecule has 10 heteroatoms. The third kappa shape index (κ3) is 5.17. The molecule has 5 nitrogen and oxygen atoms in total. The van der Waals surface area contributed by atoms with E-state index in [1.165, 1.54) is 0 Å². The van der Waals surface area contributed by atoms with Crippen LogP contribution in [0.5, 0.6) is 11.5 Å². The molecule has 0 amide bonds. The Balaban J connectivity index is 1.60. The highest BCUT2D eigenvalue weighted by atomic mass is 35.5. The van der Waals surface area contributed by atoms with E-state index in [1.54, 1.807) is 24.3 Å². The van der Waals surface area contributed by atoms with Gasteiger partial charge in [0.25, 0.3) is 0 Å². The number of fused-ring (bicyclic) bond motifs is 1. The molecule has 4 rings (SSSR count). The Hall–Kier alpha value is -2.34. The number of halogens is 5. The second kappa shape index (κ2) is 9.26. The Morgan fingerprint density at radius 3 is 2.56 bits per heavy atom. The fraction of sp³-hybridized carbons (Fsp3) is 0.409. The van der Waals surface area contributed by atoms with E-state index in [1.807, 2.05) is 17.0 Å². The summed E-state index contributed by atoms with van der Waals surface area (Å²) in [4.78, 5) is 3.89. The van der Waals surface area contributed by atoms with Gasteiger partial charge in [-0.25, -0.2) is 0 Å². The maximum absolute atomic E-state index is 12.7. The highest BCUT2D eigenvalue weighted by Crippen LogP contribution is 2.38. The molecule has 1 atom stereocenters. The number of ether oxygens (including phenoxy) is 2. The highest BCUT2D eigenvalue weighted by molar-refractivity contribution is 6.32. The van der Waals surface area contributed by atoms with Crippen molar-refractivity contribution in [2.45, 2.75) is 31.6 Å². The number of rotatable bonds is 6. The van der Waals surface area contributed by atoms with Gasteiger partial charge < -0.3 is 19.3 Å². The molecule has 0 saturated carbocycles. The second-order valence-electron chi connectivity index (χ2n) is 7.81. The molecular formula is C22H20Cl2F3N3O2. The van der Waals surface area contributed by atoms with Crippen molar-refractivity contribution >= 4 is 28.9 Å². The first-order chi connectivity index (χ1) is 15.2. The second-order valence-corrected chi connectivity index (χ2v) is 8.62. The lowest BCUT2D eigenvalue weighted by molar-refractivity contribution is -0.137. The van der Waals surface area contributed by atoms with Gasteiger partial charge in [-0.1, -0.05) is 23.2 Å². The molecule has 0 unspecified atom stereocenters. The van der Waals surface area contributed by atoms with Crippen LogP contribution in [0.2, 0.25) is 10.0 Å². The summed E-state index contributed by atoms with van der Waals surface area (Å²) in [6.45, 7) is 1.54. The van der Waals surface area contributed by atoms with Crippen molar-refractivity contribution in [1.82, 2.24) is 4.90 Å². The Bertz CT molecular complexity index is 1040. The van der Waals surface area contributed by atoms with Gasteiger partial charge in [0.05, 0.1) is 17.0 Å². The summed E-state index contributed by atoms with van der Waals surface area (Å²) in [7, 11) is 0. The SMILES string of the molecule is N#Cc1ccc(N(Cc2cc3c(cc2Cl)OCO3)[C@H]2CCN(CCC(F)(F)F)C2)cc1Cl. The summed E-state index contributed by atoms with van der Waals surface area (Å²) in [6, 6.07) is 10.7. The lowest BCUT2D eigenvalue weighted by Crippen LogP contribution is -2.38. The topological polar surface area (TPSA) is 48.7 Å². The minimum Gasteiger partial charge on any atom is -0.454 e. The molecule has 0 aromatic heterocycles. The van der Waals surface area contributed by atoms with E-state index in [4.69, 9.17) is 32.7 Å². The van der Waals surface area contributed by atoms with E-state index in [-0.39, 0.29) is 19.4 Å². The number of anilines is 1. The average molecular weight is 486 g/mol. The fourth-order valence-corrected chi connectivity index (χ4v) is 4.45. The van der Waals surface area contributed by atoms with Gasteiger partial charge in [-0.15, -0.1) is 0 Å². The molecule has 32 heavy (non-hydrogen) atoms. The van der Waals surface area contributed by atoms with Crippen LogP contribution in [0.3, 0.4) is 0 Å². The van der Waals surface area contributed by atoms with E-state index in [0.717, 1.165) is 11.3 Å². The van der Waals surface area contributed by atoms with Crippen LogP contribution in [0.25, 0.3) is 0 Å². The number of hydrogen-bond donors (Lipinski definition) is 0. The van der Waals surface area contributed by atoms with Crippen LogP contribution in [0.1, 0.15) is 24.0 Å². The molecule has 0 radical (unpaired) electrons. The van der Waals surface area contributed by atoms with E-state index >= 15 is 0 Å². The van der Waals surface area contributed by atoms with Crippen LogP contribution in [0, 0.1) is 11.3 Å². The Morgan fingerprint density at radius 1 is 1.12 bits per heavy atom. The van der Waals surface area contributed by atoms with Crippen molar-refractivity contribution in [2.24, 2.45) is 0 Å². The van der Waals surface area contributed by atoms with Crippen LogP contribution < -0.4 is 14.4 Å². The van der Waals surface area contributed by atoms with Crippen molar-refractivity contribution in [3.05, 3.63) is 51.5 Å². The van der Waals surface area contributed by atoms with E-state index in [9.17, 15) is 18.4 Å². The zero-order valence-electron chi connectivity index (χ0n) is 17.0. The predicted molar refractivity (Wildman–Crippen MR) is 115 cm³/mol. The summed E-state index contributed by atoms with van der Waals surface area (Å²) >= 11 is 12.8. The molecule has 0 bridgehead atoms. The van der Waals surface area contributed by atoms with Crippen LogP contribution in [0.4, 0.5) is 18.9 Å². The van der Waals surface area contributed by atoms with Crippen molar-refractivity contribution < 1.29 is 22.6 Å². The molecule has 0 spiro atoms. The lowest BCUT2D eigenvalue weighted by atomic mass is 10.1. The predicted octanol–water partition coefficient (Wildman–Crippen LogP) is 5.63. The van der Waals surface area contributed by atoms with E-state index < -0.39 is 12.6 Å². The number of nitriles is 1. The minimum absolute atomic E-state index is 0.0350. The van der Waals surface area contributed by atoms with Crippen LogP contribution >= 0.6 is 23.2 Å². The van der Waals surface area contributed by atoms with Crippen molar-refractivity contribution in [3.8, 4) is 17.6 Å². The molecule has 2 aliphatic rings. The number of benzene rings is 2. The van der Waals surface area contributed by atoms with Gasteiger partial charge >= 0.3 is 6.18 Å².